The molecule has 0 bridgehead atoms. The van der Waals surface area contributed by atoms with Gasteiger partial charge in [0, 0.05) is 5.56 Å². The lowest BCUT2D eigenvalue weighted by Gasteiger charge is -2.22. The Bertz CT molecular complexity index is 743. The van der Waals surface area contributed by atoms with Gasteiger partial charge in [-0.25, -0.2) is 13.8 Å². The Morgan fingerprint density at radius 2 is 1.64 bits per heavy atom. The maximum atomic E-state index is 10.9. The van der Waals surface area contributed by atoms with Crippen LogP contribution in [-0.2, 0) is 14.9 Å². The van der Waals surface area contributed by atoms with Crippen LogP contribution in [0, 0.1) is 6.92 Å². The number of carbonyl (C=O) groups excluding carboxylic acids is 1. The van der Waals surface area contributed by atoms with Crippen molar-refractivity contribution in [1.29, 1.82) is 0 Å². The average molecular weight is 320 g/mol. The second kappa shape index (κ2) is 6.69. The second-order valence-electron chi connectivity index (χ2n) is 4.83. The van der Waals surface area contributed by atoms with Gasteiger partial charge in [-0.05, 0) is 19.1 Å². The van der Waals surface area contributed by atoms with Crippen LogP contribution in [-0.4, -0.2) is 18.9 Å². The van der Waals surface area contributed by atoms with Crippen LogP contribution in [0.15, 0.2) is 59.5 Å². The van der Waals surface area contributed by atoms with Gasteiger partial charge in [-0.1, -0.05) is 48.0 Å². The summed E-state index contributed by atoms with van der Waals surface area (Å²) in [7, 11) is -4.27. The number of carbonyl (C=O) groups is 1. The minimum atomic E-state index is -4.27. The summed E-state index contributed by atoms with van der Waals surface area (Å²) in [5.74, 6) is 0.0937. The number of benzene rings is 2. The Morgan fingerprint density at radius 1 is 1.05 bits per heavy atom. The van der Waals surface area contributed by atoms with Crippen LogP contribution >= 0.6 is 0 Å². The van der Waals surface area contributed by atoms with Gasteiger partial charge in [-0.2, -0.15) is 5.43 Å². The van der Waals surface area contributed by atoms with Crippen molar-refractivity contribution in [2.45, 2.75) is 17.9 Å². The molecular formula is C15H16N2O4S. The Kier molecular flexibility index (Phi) is 4.92. The number of quaternary nitrogens is 1. The smallest absolute Gasteiger partial charge is 0.330 e. The van der Waals surface area contributed by atoms with Crippen LogP contribution in [0.3, 0.4) is 0 Å². The number of hydrogen-bond donors (Lipinski definition) is 2. The van der Waals surface area contributed by atoms with Crippen molar-refractivity contribution in [1.82, 2.24) is 5.43 Å². The quantitative estimate of drug-likeness (QED) is 0.470. The molecule has 1 amide bonds. The highest BCUT2D eigenvalue weighted by molar-refractivity contribution is 7.85. The first-order valence-corrected chi connectivity index (χ1v) is 8.00. The lowest BCUT2D eigenvalue weighted by atomic mass is 10.1. The summed E-state index contributed by atoms with van der Waals surface area (Å²) in [6, 6.07) is 15.5. The predicted molar refractivity (Wildman–Crippen MR) is 78.4 cm³/mol. The maximum Gasteiger partial charge on any atom is 0.330 e. The molecule has 1 fully saturated rings. The number of aryl methyl sites for hydroxylation is 1. The first-order valence-electron chi connectivity index (χ1n) is 6.59. The molecule has 2 aromatic rings. The largest absolute Gasteiger partial charge is 0.744 e. The molecule has 1 aliphatic heterocycles. The fourth-order valence-corrected chi connectivity index (χ4v) is 2.32. The molecule has 3 rings (SSSR count). The van der Waals surface area contributed by atoms with Crippen LogP contribution in [0.25, 0.3) is 0 Å². The number of rotatable bonds is 2. The Morgan fingerprint density at radius 3 is 2.05 bits per heavy atom. The zero-order valence-electron chi connectivity index (χ0n) is 11.9. The fraction of sp³-hybridized carbons (Fsp3) is 0.133. The molecular weight excluding hydrogens is 304 g/mol. The van der Waals surface area contributed by atoms with Crippen molar-refractivity contribution < 1.29 is 23.2 Å². The molecule has 22 heavy (non-hydrogen) atoms. The van der Waals surface area contributed by atoms with Gasteiger partial charge in [0.25, 0.3) is 0 Å². The zero-order valence-corrected chi connectivity index (χ0v) is 12.7. The van der Waals surface area contributed by atoms with E-state index in [1.165, 1.54) is 12.1 Å². The third-order valence-corrected chi connectivity index (χ3v) is 3.99. The molecule has 1 saturated heterocycles. The molecule has 0 aromatic heterocycles. The summed E-state index contributed by atoms with van der Waals surface area (Å²) in [5, 5.41) is 0. The molecule has 0 saturated carbocycles. The van der Waals surface area contributed by atoms with E-state index < -0.39 is 10.1 Å². The molecule has 0 aliphatic carbocycles. The molecule has 7 heteroatoms. The van der Waals surface area contributed by atoms with E-state index in [9.17, 15) is 17.8 Å². The molecule has 1 aliphatic rings. The summed E-state index contributed by atoms with van der Waals surface area (Å²) >= 11 is 0. The SMILES string of the molecule is Cc1ccc(S(=O)(=O)[O-])cc1.O=C1N[NH2+]C1c1ccccc1. The Hall–Kier alpha value is -2.22. The molecule has 0 spiro atoms. The van der Waals surface area contributed by atoms with E-state index in [1.54, 1.807) is 17.6 Å². The van der Waals surface area contributed by atoms with Crippen molar-refractivity contribution in [2.24, 2.45) is 0 Å². The minimum Gasteiger partial charge on any atom is -0.744 e. The van der Waals surface area contributed by atoms with Gasteiger partial charge in [0.1, 0.15) is 10.1 Å². The van der Waals surface area contributed by atoms with Crippen LogP contribution in [0.2, 0.25) is 0 Å². The fourth-order valence-electron chi connectivity index (χ4n) is 1.85. The van der Waals surface area contributed by atoms with Crippen molar-refractivity contribution >= 4 is 16.0 Å². The van der Waals surface area contributed by atoms with Gasteiger partial charge in [-0.3, -0.25) is 4.79 Å². The van der Waals surface area contributed by atoms with Crippen molar-refractivity contribution in [3.05, 3.63) is 65.7 Å². The van der Waals surface area contributed by atoms with E-state index in [2.05, 4.69) is 5.43 Å². The van der Waals surface area contributed by atoms with Gasteiger partial charge in [-0.15, -0.1) is 0 Å². The minimum absolute atomic E-state index is 0.0174. The summed E-state index contributed by atoms with van der Waals surface area (Å²) in [6.45, 7) is 1.82. The van der Waals surface area contributed by atoms with Crippen LogP contribution in [0.1, 0.15) is 17.2 Å². The third-order valence-electron chi connectivity index (χ3n) is 3.14. The first-order chi connectivity index (χ1) is 10.4. The number of nitrogens with two attached hydrogens (primary N) is 1. The monoisotopic (exact) mass is 320 g/mol. The van der Waals surface area contributed by atoms with Gasteiger partial charge in [0.2, 0.25) is 6.04 Å². The van der Waals surface area contributed by atoms with E-state index in [0.717, 1.165) is 11.1 Å². The van der Waals surface area contributed by atoms with Gasteiger partial charge >= 0.3 is 5.91 Å². The molecule has 1 heterocycles. The topological polar surface area (TPSA) is 103 Å². The van der Waals surface area contributed by atoms with E-state index in [1.807, 2.05) is 37.3 Å². The first kappa shape index (κ1) is 16.2. The molecule has 1 unspecified atom stereocenters. The predicted octanol–water partition coefficient (Wildman–Crippen LogP) is 0.235. The van der Waals surface area contributed by atoms with Crippen LogP contribution < -0.4 is 10.9 Å². The van der Waals surface area contributed by atoms with Crippen LogP contribution in [0.5, 0.6) is 0 Å². The zero-order chi connectivity index (χ0) is 16.2. The molecule has 116 valence electrons. The Labute approximate surface area is 128 Å². The summed E-state index contributed by atoms with van der Waals surface area (Å²) in [4.78, 5) is 10.7. The van der Waals surface area contributed by atoms with Crippen molar-refractivity contribution in [3.63, 3.8) is 0 Å². The maximum absolute atomic E-state index is 10.9. The van der Waals surface area contributed by atoms with E-state index in [4.69, 9.17) is 0 Å². The molecule has 0 radical (unpaired) electrons. The second-order valence-corrected chi connectivity index (χ2v) is 6.21. The Balaban J connectivity index is 0.000000160. The molecule has 1 atom stereocenters. The van der Waals surface area contributed by atoms with E-state index >= 15 is 0 Å². The number of nitrogens with one attached hydrogen (secondary N) is 1. The van der Waals surface area contributed by atoms with Gasteiger partial charge in [0.15, 0.2) is 0 Å². The van der Waals surface area contributed by atoms with E-state index in [0.29, 0.717) is 0 Å². The standard InChI is InChI=1S/C8H8N2O.C7H8O3S/c11-8-7(9-10-8)6-4-2-1-3-5-6;1-6-2-4-7(5-3-6)11(8,9)10/h1-5,7,9H,(H,10,11);2-5H,1H3,(H,8,9,10). The lowest BCUT2D eigenvalue weighted by Crippen LogP contribution is -3.06. The summed E-state index contributed by atoms with van der Waals surface area (Å²) < 4.78 is 31.2. The molecule has 3 N–H and O–H groups in total. The highest BCUT2D eigenvalue weighted by Gasteiger charge is 2.33. The summed E-state index contributed by atoms with van der Waals surface area (Å²) in [5.41, 5.74) is 6.39. The summed E-state index contributed by atoms with van der Waals surface area (Å²) in [6.07, 6.45) is 0. The highest BCUT2D eigenvalue weighted by atomic mass is 32.2. The van der Waals surface area contributed by atoms with Crippen molar-refractivity contribution in [3.8, 4) is 0 Å². The van der Waals surface area contributed by atoms with Crippen LogP contribution in [0.4, 0.5) is 0 Å². The lowest BCUT2D eigenvalue weighted by molar-refractivity contribution is -0.763. The number of amides is 1. The third kappa shape index (κ3) is 4.14. The highest BCUT2D eigenvalue weighted by Crippen LogP contribution is 2.10. The van der Waals surface area contributed by atoms with Crippen molar-refractivity contribution in [2.75, 3.05) is 0 Å². The number of hydrogen-bond acceptors (Lipinski definition) is 4. The van der Waals surface area contributed by atoms with Gasteiger partial charge < -0.3 is 4.55 Å². The van der Waals surface area contributed by atoms with E-state index in [-0.39, 0.29) is 16.8 Å². The normalized spacial score (nSPS) is 16.8. The van der Waals surface area contributed by atoms with Gasteiger partial charge in [0.05, 0.1) is 4.90 Å². The average Bonchev–Trinajstić information content (AvgIpc) is 2.47. The molecule has 2 aromatic carbocycles. The molecule has 6 nitrogen and oxygen atoms in total.